The topological polar surface area (TPSA) is 81.7 Å². The van der Waals surface area contributed by atoms with Gasteiger partial charge in [-0.05, 0) is 38.4 Å². The molecule has 0 aromatic heterocycles. The second-order valence-electron chi connectivity index (χ2n) is 3.79. The number of carbonyl (C=O) groups is 2. The van der Waals surface area contributed by atoms with Crippen LogP contribution < -0.4 is 10.6 Å². The number of carboxylic acid groups (broad SMARTS) is 1. The summed E-state index contributed by atoms with van der Waals surface area (Å²) in [5.74, 6) is -0.117. The number of hydrogen-bond donors (Lipinski definition) is 3. The van der Waals surface area contributed by atoms with Crippen molar-refractivity contribution in [3.05, 3.63) is 24.3 Å². The monoisotopic (exact) mass is 237 g/mol. The predicted molar refractivity (Wildman–Crippen MR) is 65.3 cm³/mol. The summed E-state index contributed by atoms with van der Waals surface area (Å²) in [6, 6.07) is 6.44. The summed E-state index contributed by atoms with van der Waals surface area (Å²) < 4.78 is 0. The lowest BCUT2D eigenvalue weighted by Gasteiger charge is -2.10. The minimum Gasteiger partial charge on any atom is -0.465 e. The van der Waals surface area contributed by atoms with Crippen LogP contribution in [0.1, 0.15) is 0 Å². The first-order valence-corrected chi connectivity index (χ1v) is 5.02. The molecular formula is C11H15N3O3. The molecule has 1 aromatic carbocycles. The fourth-order valence-corrected chi connectivity index (χ4v) is 1.25. The highest BCUT2D eigenvalue weighted by Crippen LogP contribution is 2.13. The Labute approximate surface area is 99.2 Å². The van der Waals surface area contributed by atoms with Gasteiger partial charge in [-0.3, -0.25) is 10.1 Å². The summed E-state index contributed by atoms with van der Waals surface area (Å²) in [6.45, 7) is 0.301. The maximum absolute atomic E-state index is 11.4. The second-order valence-corrected chi connectivity index (χ2v) is 3.79. The van der Waals surface area contributed by atoms with Crippen LogP contribution in [0.4, 0.5) is 16.2 Å². The fourth-order valence-electron chi connectivity index (χ4n) is 1.25. The molecule has 92 valence electrons. The van der Waals surface area contributed by atoms with Gasteiger partial charge < -0.3 is 15.3 Å². The van der Waals surface area contributed by atoms with Gasteiger partial charge in [0.1, 0.15) is 0 Å². The zero-order valence-electron chi connectivity index (χ0n) is 9.73. The Bertz CT molecular complexity index is 401. The van der Waals surface area contributed by atoms with Gasteiger partial charge in [0.2, 0.25) is 5.91 Å². The largest absolute Gasteiger partial charge is 0.465 e. The summed E-state index contributed by atoms with van der Waals surface area (Å²) in [5.41, 5.74) is 1.09. The lowest BCUT2D eigenvalue weighted by Crippen LogP contribution is -2.27. The highest BCUT2D eigenvalue weighted by atomic mass is 16.4. The van der Waals surface area contributed by atoms with Crippen LogP contribution >= 0.6 is 0 Å². The molecule has 0 aliphatic rings. The van der Waals surface area contributed by atoms with Crippen LogP contribution in [0.5, 0.6) is 0 Å². The Hall–Kier alpha value is -2.08. The fraction of sp³-hybridized carbons (Fsp3) is 0.273. The van der Waals surface area contributed by atoms with E-state index in [0.29, 0.717) is 17.9 Å². The van der Waals surface area contributed by atoms with Gasteiger partial charge in [0.15, 0.2) is 0 Å². The van der Waals surface area contributed by atoms with E-state index in [4.69, 9.17) is 5.11 Å². The molecule has 0 spiro atoms. The van der Waals surface area contributed by atoms with Gasteiger partial charge in [0.25, 0.3) is 0 Å². The lowest BCUT2D eigenvalue weighted by atomic mass is 10.3. The first-order valence-electron chi connectivity index (χ1n) is 5.02. The summed E-state index contributed by atoms with van der Waals surface area (Å²) in [6.07, 6.45) is -1.12. The van der Waals surface area contributed by atoms with Crippen molar-refractivity contribution in [3.63, 3.8) is 0 Å². The van der Waals surface area contributed by atoms with E-state index in [1.165, 1.54) is 0 Å². The van der Waals surface area contributed by atoms with E-state index in [9.17, 15) is 9.59 Å². The Balaban J connectivity index is 2.56. The third-order valence-corrected chi connectivity index (χ3v) is 1.88. The molecule has 3 N–H and O–H groups in total. The van der Waals surface area contributed by atoms with Crippen LogP contribution in [0.15, 0.2) is 24.3 Å². The Morgan fingerprint density at radius 3 is 2.00 bits per heavy atom. The highest BCUT2D eigenvalue weighted by molar-refractivity contribution is 5.92. The summed E-state index contributed by atoms with van der Waals surface area (Å²) in [5, 5.41) is 13.4. The molecule has 17 heavy (non-hydrogen) atoms. The number of carbonyl (C=O) groups excluding carboxylic acids is 1. The van der Waals surface area contributed by atoms with Crippen LogP contribution in [0.25, 0.3) is 0 Å². The van der Waals surface area contributed by atoms with Crippen molar-refractivity contribution >= 4 is 23.4 Å². The van der Waals surface area contributed by atoms with Crippen LogP contribution in [-0.4, -0.2) is 42.6 Å². The number of benzene rings is 1. The number of nitrogens with zero attached hydrogens (tertiary/aromatic N) is 1. The molecule has 0 fully saturated rings. The van der Waals surface area contributed by atoms with Crippen molar-refractivity contribution in [1.29, 1.82) is 0 Å². The lowest BCUT2D eigenvalue weighted by molar-refractivity contribution is -0.116. The maximum Gasteiger partial charge on any atom is 0.409 e. The summed E-state index contributed by atoms with van der Waals surface area (Å²) >= 11 is 0. The molecule has 0 bridgehead atoms. The van der Waals surface area contributed by atoms with Gasteiger partial charge in [0, 0.05) is 11.4 Å². The Kier molecular flexibility index (Phi) is 4.47. The van der Waals surface area contributed by atoms with Gasteiger partial charge in [-0.2, -0.15) is 0 Å². The van der Waals surface area contributed by atoms with Crippen molar-refractivity contribution in [2.45, 2.75) is 0 Å². The predicted octanol–water partition coefficient (Wildman–Crippen LogP) is 1.28. The second kappa shape index (κ2) is 5.86. The number of rotatable bonds is 4. The average Bonchev–Trinajstić information content (AvgIpc) is 2.18. The van der Waals surface area contributed by atoms with Gasteiger partial charge >= 0.3 is 6.09 Å². The average molecular weight is 237 g/mol. The number of amides is 2. The van der Waals surface area contributed by atoms with Crippen molar-refractivity contribution in [3.8, 4) is 0 Å². The summed E-state index contributed by atoms with van der Waals surface area (Å²) in [7, 11) is 3.61. The van der Waals surface area contributed by atoms with E-state index in [0.717, 1.165) is 0 Å². The third kappa shape index (κ3) is 4.98. The van der Waals surface area contributed by atoms with E-state index >= 15 is 0 Å². The number of likely N-dealkylation sites (N-methyl/N-ethyl adjacent to an activating group) is 1. The minimum absolute atomic E-state index is 0.117. The van der Waals surface area contributed by atoms with Gasteiger partial charge in [-0.25, -0.2) is 4.79 Å². The molecule has 0 saturated heterocycles. The van der Waals surface area contributed by atoms with Gasteiger partial charge in [-0.15, -0.1) is 0 Å². The van der Waals surface area contributed by atoms with Crippen molar-refractivity contribution in [2.75, 3.05) is 31.3 Å². The number of hydrogen-bond acceptors (Lipinski definition) is 3. The quantitative estimate of drug-likeness (QED) is 0.736. The molecule has 6 heteroatoms. The normalized spacial score (nSPS) is 10.1. The molecule has 0 aliphatic heterocycles. The molecule has 6 nitrogen and oxygen atoms in total. The van der Waals surface area contributed by atoms with Crippen molar-refractivity contribution in [1.82, 2.24) is 4.90 Å². The molecule has 0 heterocycles. The van der Waals surface area contributed by atoms with E-state index in [1.807, 2.05) is 0 Å². The Morgan fingerprint density at radius 1 is 1.12 bits per heavy atom. The van der Waals surface area contributed by atoms with Crippen LogP contribution in [0, 0.1) is 0 Å². The first-order chi connectivity index (χ1) is 7.97. The standard InChI is InChI=1S/C11H15N3O3/c1-14(2)7-10(15)12-8-3-5-9(6-4-8)13-11(16)17/h3-6,13H,7H2,1-2H3,(H,12,15)(H,16,17). The number of anilines is 2. The molecule has 0 unspecified atom stereocenters. The SMILES string of the molecule is CN(C)CC(=O)Nc1ccc(NC(=O)O)cc1. The molecule has 0 aliphatic carbocycles. The molecule has 0 saturated carbocycles. The first kappa shape index (κ1) is 13.0. The van der Waals surface area contributed by atoms with Gasteiger partial charge in [-0.1, -0.05) is 0 Å². The van der Waals surface area contributed by atoms with Crippen LogP contribution in [0.2, 0.25) is 0 Å². The molecule has 0 radical (unpaired) electrons. The smallest absolute Gasteiger partial charge is 0.409 e. The van der Waals surface area contributed by atoms with Gasteiger partial charge in [0.05, 0.1) is 6.54 Å². The van der Waals surface area contributed by atoms with E-state index in [1.54, 1.807) is 43.3 Å². The highest BCUT2D eigenvalue weighted by Gasteiger charge is 2.03. The van der Waals surface area contributed by atoms with Crippen LogP contribution in [0.3, 0.4) is 0 Å². The number of nitrogens with one attached hydrogen (secondary N) is 2. The molecule has 1 aromatic rings. The molecule has 1 rings (SSSR count). The van der Waals surface area contributed by atoms with E-state index in [2.05, 4.69) is 10.6 Å². The summed E-state index contributed by atoms with van der Waals surface area (Å²) in [4.78, 5) is 23.5. The Morgan fingerprint density at radius 2 is 1.59 bits per heavy atom. The zero-order valence-corrected chi connectivity index (χ0v) is 9.73. The third-order valence-electron chi connectivity index (χ3n) is 1.88. The van der Waals surface area contributed by atoms with Crippen molar-refractivity contribution < 1.29 is 14.7 Å². The van der Waals surface area contributed by atoms with Crippen LogP contribution in [-0.2, 0) is 4.79 Å². The zero-order chi connectivity index (χ0) is 12.8. The van der Waals surface area contributed by atoms with Crippen molar-refractivity contribution in [2.24, 2.45) is 0 Å². The molecule has 0 atom stereocenters. The molecular weight excluding hydrogens is 222 g/mol. The molecule has 2 amide bonds. The maximum atomic E-state index is 11.4. The van der Waals surface area contributed by atoms with E-state index in [-0.39, 0.29) is 5.91 Å². The van der Waals surface area contributed by atoms with E-state index < -0.39 is 6.09 Å². The minimum atomic E-state index is -1.12.